The Bertz CT molecular complexity index is 505. The molecule has 0 saturated carbocycles. The SMILES string of the molecule is CSCC(C)NS(=O)(=O)c1ccc(CO)c(Cl)c1. The van der Waals surface area contributed by atoms with E-state index in [9.17, 15) is 8.42 Å². The van der Waals surface area contributed by atoms with Crippen LogP contribution in [0.1, 0.15) is 12.5 Å². The van der Waals surface area contributed by atoms with Crippen LogP contribution in [0.4, 0.5) is 0 Å². The molecule has 18 heavy (non-hydrogen) atoms. The summed E-state index contributed by atoms with van der Waals surface area (Å²) in [6, 6.07) is 4.14. The molecular formula is C11H16ClNO3S2. The van der Waals surface area contributed by atoms with Gasteiger partial charge in [0.1, 0.15) is 0 Å². The Hall–Kier alpha value is -0.270. The van der Waals surface area contributed by atoms with Crippen LogP contribution in [-0.2, 0) is 16.6 Å². The molecule has 0 aromatic heterocycles. The number of thioether (sulfide) groups is 1. The number of rotatable bonds is 6. The van der Waals surface area contributed by atoms with E-state index in [-0.39, 0.29) is 22.6 Å². The summed E-state index contributed by atoms with van der Waals surface area (Å²) in [5.41, 5.74) is 0.507. The molecule has 1 rings (SSSR count). The van der Waals surface area contributed by atoms with E-state index in [0.29, 0.717) is 11.3 Å². The monoisotopic (exact) mass is 309 g/mol. The van der Waals surface area contributed by atoms with Gasteiger partial charge in [0.2, 0.25) is 10.0 Å². The van der Waals surface area contributed by atoms with Gasteiger partial charge in [0.15, 0.2) is 0 Å². The summed E-state index contributed by atoms with van der Waals surface area (Å²) >= 11 is 7.45. The summed E-state index contributed by atoms with van der Waals surface area (Å²) in [6.45, 7) is 1.59. The number of halogens is 1. The Kier molecular flexibility index (Phi) is 5.94. The highest BCUT2D eigenvalue weighted by atomic mass is 35.5. The molecule has 0 aliphatic heterocycles. The molecule has 0 aliphatic rings. The number of nitrogens with one attached hydrogen (secondary N) is 1. The summed E-state index contributed by atoms with van der Waals surface area (Å²) in [5, 5.41) is 9.22. The first-order valence-corrected chi connectivity index (χ1v) is 8.56. The van der Waals surface area contributed by atoms with Crippen LogP contribution in [0, 0.1) is 0 Å². The Morgan fingerprint density at radius 1 is 1.50 bits per heavy atom. The van der Waals surface area contributed by atoms with Gasteiger partial charge in [-0.1, -0.05) is 17.7 Å². The molecule has 0 aliphatic carbocycles. The summed E-state index contributed by atoms with van der Waals surface area (Å²) in [6.07, 6.45) is 1.91. The Balaban J connectivity index is 2.95. The first-order valence-electron chi connectivity index (χ1n) is 5.31. The third-order valence-electron chi connectivity index (χ3n) is 2.28. The zero-order valence-electron chi connectivity index (χ0n) is 10.2. The fraction of sp³-hybridized carbons (Fsp3) is 0.455. The highest BCUT2D eigenvalue weighted by Crippen LogP contribution is 2.21. The van der Waals surface area contributed by atoms with Crippen molar-refractivity contribution in [1.82, 2.24) is 4.72 Å². The molecule has 1 aromatic carbocycles. The number of sulfonamides is 1. The van der Waals surface area contributed by atoms with Gasteiger partial charge in [-0.2, -0.15) is 11.8 Å². The average molecular weight is 310 g/mol. The third kappa shape index (κ3) is 4.13. The molecule has 1 aromatic rings. The van der Waals surface area contributed by atoms with Crippen LogP contribution in [0.15, 0.2) is 23.1 Å². The van der Waals surface area contributed by atoms with E-state index in [1.165, 1.54) is 18.2 Å². The van der Waals surface area contributed by atoms with Crippen molar-refractivity contribution >= 4 is 33.4 Å². The minimum atomic E-state index is -3.56. The molecule has 1 unspecified atom stereocenters. The lowest BCUT2D eigenvalue weighted by atomic mass is 10.2. The normalized spacial score (nSPS) is 13.6. The van der Waals surface area contributed by atoms with E-state index >= 15 is 0 Å². The second-order valence-electron chi connectivity index (χ2n) is 3.89. The molecule has 1 atom stereocenters. The summed E-state index contributed by atoms with van der Waals surface area (Å²) in [7, 11) is -3.56. The number of aliphatic hydroxyl groups is 1. The molecule has 4 nitrogen and oxygen atoms in total. The lowest BCUT2D eigenvalue weighted by molar-refractivity contribution is 0.282. The second kappa shape index (κ2) is 6.77. The first kappa shape index (κ1) is 15.8. The first-order chi connectivity index (χ1) is 8.40. The molecule has 102 valence electrons. The van der Waals surface area contributed by atoms with Crippen molar-refractivity contribution < 1.29 is 13.5 Å². The van der Waals surface area contributed by atoms with Crippen LogP contribution in [0.2, 0.25) is 5.02 Å². The van der Waals surface area contributed by atoms with Crippen molar-refractivity contribution in [1.29, 1.82) is 0 Å². The van der Waals surface area contributed by atoms with Crippen LogP contribution in [-0.4, -0.2) is 31.6 Å². The maximum Gasteiger partial charge on any atom is 0.240 e. The molecule has 0 amide bonds. The standard InChI is InChI=1S/C11H16ClNO3S2/c1-8(7-17-2)13-18(15,16)10-4-3-9(6-14)11(12)5-10/h3-5,8,13-14H,6-7H2,1-2H3. The van der Waals surface area contributed by atoms with Gasteiger partial charge < -0.3 is 5.11 Å². The molecule has 0 heterocycles. The average Bonchev–Trinajstić information content (AvgIpc) is 2.28. The molecule has 0 fully saturated rings. The highest BCUT2D eigenvalue weighted by Gasteiger charge is 2.18. The maximum atomic E-state index is 12.0. The van der Waals surface area contributed by atoms with Gasteiger partial charge >= 0.3 is 0 Å². The Morgan fingerprint density at radius 2 is 2.17 bits per heavy atom. The van der Waals surface area contributed by atoms with Gasteiger partial charge in [-0.3, -0.25) is 0 Å². The van der Waals surface area contributed by atoms with Gasteiger partial charge in [0.25, 0.3) is 0 Å². The van der Waals surface area contributed by atoms with Crippen LogP contribution in [0.3, 0.4) is 0 Å². The topological polar surface area (TPSA) is 66.4 Å². The quantitative estimate of drug-likeness (QED) is 0.842. The molecule has 0 radical (unpaired) electrons. The predicted octanol–water partition coefficient (Wildman–Crippen LogP) is 1.86. The van der Waals surface area contributed by atoms with Crippen molar-refractivity contribution in [2.45, 2.75) is 24.5 Å². The summed E-state index contributed by atoms with van der Waals surface area (Å²) in [5.74, 6) is 0.696. The Morgan fingerprint density at radius 3 is 2.67 bits per heavy atom. The van der Waals surface area contributed by atoms with Crippen molar-refractivity contribution in [3.63, 3.8) is 0 Å². The van der Waals surface area contributed by atoms with E-state index in [2.05, 4.69) is 4.72 Å². The number of benzene rings is 1. The van der Waals surface area contributed by atoms with Crippen LogP contribution < -0.4 is 4.72 Å². The van der Waals surface area contributed by atoms with E-state index in [1.54, 1.807) is 18.7 Å². The predicted molar refractivity (Wildman–Crippen MR) is 75.5 cm³/mol. The smallest absolute Gasteiger partial charge is 0.240 e. The third-order valence-corrected chi connectivity index (χ3v) is 5.05. The molecule has 0 spiro atoms. The Labute approximate surface area is 117 Å². The molecular weight excluding hydrogens is 294 g/mol. The van der Waals surface area contributed by atoms with Crippen molar-refractivity contribution in [2.75, 3.05) is 12.0 Å². The minimum absolute atomic E-state index is 0.109. The lowest BCUT2D eigenvalue weighted by Crippen LogP contribution is -2.34. The van der Waals surface area contributed by atoms with E-state index in [1.807, 2.05) is 6.26 Å². The molecule has 2 N–H and O–H groups in total. The second-order valence-corrected chi connectivity index (χ2v) is 6.92. The lowest BCUT2D eigenvalue weighted by Gasteiger charge is -2.13. The van der Waals surface area contributed by atoms with Gasteiger partial charge in [-0.25, -0.2) is 13.1 Å². The fourth-order valence-corrected chi connectivity index (χ4v) is 3.70. The summed E-state index contributed by atoms with van der Waals surface area (Å²) < 4.78 is 26.6. The van der Waals surface area contributed by atoms with Gasteiger partial charge in [0, 0.05) is 16.8 Å². The van der Waals surface area contributed by atoms with E-state index in [0.717, 1.165) is 0 Å². The van der Waals surface area contributed by atoms with Crippen molar-refractivity contribution in [3.8, 4) is 0 Å². The van der Waals surface area contributed by atoms with Crippen LogP contribution in [0.25, 0.3) is 0 Å². The molecule has 0 saturated heterocycles. The minimum Gasteiger partial charge on any atom is -0.392 e. The number of hydrogen-bond donors (Lipinski definition) is 2. The zero-order valence-corrected chi connectivity index (χ0v) is 12.6. The summed E-state index contributed by atoms with van der Waals surface area (Å²) in [4.78, 5) is 0.109. The number of hydrogen-bond acceptors (Lipinski definition) is 4. The van der Waals surface area contributed by atoms with E-state index in [4.69, 9.17) is 16.7 Å². The number of aliphatic hydroxyl groups excluding tert-OH is 1. The molecule has 0 bridgehead atoms. The van der Waals surface area contributed by atoms with Crippen LogP contribution >= 0.6 is 23.4 Å². The van der Waals surface area contributed by atoms with Crippen molar-refractivity contribution in [2.24, 2.45) is 0 Å². The van der Waals surface area contributed by atoms with Crippen LogP contribution in [0.5, 0.6) is 0 Å². The van der Waals surface area contributed by atoms with Gasteiger partial charge in [0.05, 0.1) is 11.5 Å². The van der Waals surface area contributed by atoms with Gasteiger partial charge in [-0.15, -0.1) is 0 Å². The fourth-order valence-electron chi connectivity index (χ4n) is 1.44. The largest absolute Gasteiger partial charge is 0.392 e. The molecule has 7 heteroatoms. The maximum absolute atomic E-state index is 12.0. The van der Waals surface area contributed by atoms with E-state index < -0.39 is 10.0 Å². The zero-order chi connectivity index (χ0) is 13.8. The van der Waals surface area contributed by atoms with Crippen molar-refractivity contribution in [3.05, 3.63) is 28.8 Å². The highest BCUT2D eigenvalue weighted by molar-refractivity contribution is 7.98. The van der Waals surface area contributed by atoms with Gasteiger partial charge in [-0.05, 0) is 30.9 Å².